The molecule has 0 fully saturated rings. The number of anilines is 1. The Balaban J connectivity index is 2.39. The molecule has 0 heterocycles. The minimum atomic E-state index is -3.63. The molecule has 0 unspecified atom stereocenters. The molecule has 112 valence electrons. The van der Waals surface area contributed by atoms with Gasteiger partial charge in [-0.1, -0.05) is 17.7 Å². The molecule has 0 aliphatic rings. The Bertz CT molecular complexity index is 742. The van der Waals surface area contributed by atoms with Crippen molar-refractivity contribution < 1.29 is 13.2 Å². The molecule has 2 rings (SSSR count). The maximum Gasteiger partial charge on any atom is 0.264 e. The van der Waals surface area contributed by atoms with Crippen molar-refractivity contribution in [2.24, 2.45) is 0 Å². The van der Waals surface area contributed by atoms with Crippen molar-refractivity contribution in [1.82, 2.24) is 0 Å². The van der Waals surface area contributed by atoms with Crippen LogP contribution in [0.1, 0.15) is 5.56 Å². The minimum Gasteiger partial charge on any atom is -0.497 e. The Labute approximate surface area is 130 Å². The van der Waals surface area contributed by atoms with Crippen LogP contribution in [0.2, 0.25) is 5.02 Å². The van der Waals surface area contributed by atoms with Crippen LogP contribution in [-0.2, 0) is 10.0 Å². The summed E-state index contributed by atoms with van der Waals surface area (Å²) in [7, 11) is -0.595. The lowest BCUT2D eigenvalue weighted by Gasteiger charge is -2.20. The van der Waals surface area contributed by atoms with E-state index in [1.54, 1.807) is 30.3 Å². The van der Waals surface area contributed by atoms with E-state index in [0.29, 0.717) is 16.5 Å². The molecule has 2 aromatic rings. The number of rotatable bonds is 4. The predicted octanol–water partition coefficient (Wildman–Crippen LogP) is 3.48. The normalized spacial score (nSPS) is 11.2. The van der Waals surface area contributed by atoms with Crippen LogP contribution in [-0.4, -0.2) is 22.6 Å². The highest BCUT2D eigenvalue weighted by atomic mass is 35.5. The number of aryl methyl sites for hydroxylation is 1. The average Bonchev–Trinajstić information content (AvgIpc) is 2.49. The highest BCUT2D eigenvalue weighted by Gasteiger charge is 2.21. The molecule has 0 atom stereocenters. The van der Waals surface area contributed by atoms with Gasteiger partial charge in [0.05, 0.1) is 17.7 Å². The third kappa shape index (κ3) is 3.14. The van der Waals surface area contributed by atoms with Crippen LogP contribution >= 0.6 is 11.6 Å². The maximum atomic E-state index is 12.6. The van der Waals surface area contributed by atoms with E-state index in [9.17, 15) is 8.42 Å². The fourth-order valence-corrected chi connectivity index (χ4v) is 3.18. The summed E-state index contributed by atoms with van der Waals surface area (Å²) >= 11 is 6.06. The summed E-state index contributed by atoms with van der Waals surface area (Å²) in [4.78, 5) is 0.197. The number of nitrogens with zero attached hydrogens (tertiary/aromatic N) is 1. The number of methoxy groups -OCH3 is 1. The van der Waals surface area contributed by atoms with E-state index in [4.69, 9.17) is 16.3 Å². The lowest BCUT2D eigenvalue weighted by molar-refractivity contribution is 0.414. The zero-order valence-electron chi connectivity index (χ0n) is 12.0. The van der Waals surface area contributed by atoms with Gasteiger partial charge in [0, 0.05) is 12.1 Å². The van der Waals surface area contributed by atoms with Gasteiger partial charge in [-0.15, -0.1) is 0 Å². The molecule has 0 saturated heterocycles. The standard InChI is InChI=1S/C15H16ClNO3S/c1-11-4-5-12(10-15(11)16)17(2)21(18,19)14-8-6-13(20-3)7-9-14/h4-10H,1-3H3. The Kier molecular flexibility index (Phi) is 4.44. The SMILES string of the molecule is COc1ccc(S(=O)(=O)N(C)c2ccc(C)c(Cl)c2)cc1. The Morgan fingerprint density at radius 3 is 2.24 bits per heavy atom. The van der Waals surface area contributed by atoms with Crippen molar-refractivity contribution in [2.75, 3.05) is 18.5 Å². The summed E-state index contributed by atoms with van der Waals surface area (Å²) in [6.07, 6.45) is 0. The van der Waals surface area contributed by atoms with Crippen molar-refractivity contribution in [3.63, 3.8) is 0 Å². The van der Waals surface area contributed by atoms with Gasteiger partial charge in [0.25, 0.3) is 10.0 Å². The molecular weight excluding hydrogens is 310 g/mol. The van der Waals surface area contributed by atoms with E-state index in [2.05, 4.69) is 0 Å². The van der Waals surface area contributed by atoms with Crippen LogP contribution in [0.5, 0.6) is 5.75 Å². The number of benzene rings is 2. The van der Waals surface area contributed by atoms with Crippen molar-refractivity contribution in [1.29, 1.82) is 0 Å². The predicted molar refractivity (Wildman–Crippen MR) is 84.8 cm³/mol. The first-order valence-electron chi connectivity index (χ1n) is 6.25. The fraction of sp³-hybridized carbons (Fsp3) is 0.200. The molecule has 0 aromatic heterocycles. The first kappa shape index (κ1) is 15.7. The molecule has 4 nitrogen and oxygen atoms in total. The zero-order chi connectivity index (χ0) is 15.6. The van der Waals surface area contributed by atoms with E-state index in [1.165, 1.54) is 30.6 Å². The molecule has 6 heteroatoms. The highest BCUT2D eigenvalue weighted by Crippen LogP contribution is 2.27. The van der Waals surface area contributed by atoms with Crippen LogP contribution in [0, 0.1) is 6.92 Å². The average molecular weight is 326 g/mol. The van der Waals surface area contributed by atoms with Crippen LogP contribution < -0.4 is 9.04 Å². The van der Waals surface area contributed by atoms with Crippen LogP contribution in [0.15, 0.2) is 47.4 Å². The van der Waals surface area contributed by atoms with Gasteiger partial charge in [0.15, 0.2) is 0 Å². The topological polar surface area (TPSA) is 46.6 Å². The van der Waals surface area contributed by atoms with Crippen molar-refractivity contribution in [3.05, 3.63) is 53.1 Å². The summed E-state index contributed by atoms with van der Waals surface area (Å²) in [5.74, 6) is 0.606. The van der Waals surface area contributed by atoms with Gasteiger partial charge >= 0.3 is 0 Å². The van der Waals surface area contributed by atoms with E-state index in [0.717, 1.165) is 5.56 Å². The Morgan fingerprint density at radius 2 is 1.71 bits per heavy atom. The number of sulfonamides is 1. The van der Waals surface area contributed by atoms with E-state index >= 15 is 0 Å². The second-order valence-electron chi connectivity index (χ2n) is 4.58. The first-order chi connectivity index (χ1) is 9.86. The van der Waals surface area contributed by atoms with Gasteiger partial charge in [-0.2, -0.15) is 0 Å². The summed E-state index contributed by atoms with van der Waals surface area (Å²) in [5.41, 5.74) is 1.41. The molecular formula is C15H16ClNO3S. The van der Waals surface area contributed by atoms with E-state index < -0.39 is 10.0 Å². The summed E-state index contributed by atoms with van der Waals surface area (Å²) in [6.45, 7) is 1.87. The van der Waals surface area contributed by atoms with Crippen molar-refractivity contribution in [3.8, 4) is 5.75 Å². The molecule has 0 aliphatic heterocycles. The van der Waals surface area contributed by atoms with Crippen molar-refractivity contribution in [2.45, 2.75) is 11.8 Å². The quantitative estimate of drug-likeness (QED) is 0.864. The fourth-order valence-electron chi connectivity index (χ4n) is 1.82. The zero-order valence-corrected chi connectivity index (χ0v) is 13.6. The lowest BCUT2D eigenvalue weighted by Crippen LogP contribution is -2.26. The molecule has 0 amide bonds. The third-order valence-electron chi connectivity index (χ3n) is 3.24. The third-order valence-corrected chi connectivity index (χ3v) is 5.44. The van der Waals surface area contributed by atoms with Gasteiger partial charge < -0.3 is 4.74 Å². The van der Waals surface area contributed by atoms with Crippen LogP contribution in [0.25, 0.3) is 0 Å². The van der Waals surface area contributed by atoms with Crippen LogP contribution in [0.4, 0.5) is 5.69 Å². The lowest BCUT2D eigenvalue weighted by atomic mass is 10.2. The van der Waals surface area contributed by atoms with Gasteiger partial charge in [-0.3, -0.25) is 4.31 Å². The Morgan fingerprint density at radius 1 is 1.10 bits per heavy atom. The molecule has 2 aromatic carbocycles. The summed E-state index contributed by atoms with van der Waals surface area (Å²) in [5, 5.41) is 0.532. The van der Waals surface area contributed by atoms with Gasteiger partial charge in [-0.05, 0) is 48.9 Å². The number of halogens is 1. The first-order valence-corrected chi connectivity index (χ1v) is 8.07. The molecule has 0 bridgehead atoms. The monoisotopic (exact) mass is 325 g/mol. The molecule has 0 saturated carbocycles. The summed E-state index contributed by atoms with van der Waals surface area (Å²) in [6, 6.07) is 11.4. The van der Waals surface area contributed by atoms with E-state index in [1.807, 2.05) is 6.92 Å². The minimum absolute atomic E-state index is 0.197. The molecule has 0 aliphatic carbocycles. The molecule has 21 heavy (non-hydrogen) atoms. The smallest absolute Gasteiger partial charge is 0.264 e. The number of hydrogen-bond donors (Lipinski definition) is 0. The van der Waals surface area contributed by atoms with Gasteiger partial charge in [-0.25, -0.2) is 8.42 Å². The second-order valence-corrected chi connectivity index (χ2v) is 6.96. The van der Waals surface area contributed by atoms with Crippen molar-refractivity contribution >= 4 is 27.3 Å². The Hall–Kier alpha value is -1.72. The molecule has 0 N–H and O–H groups in total. The number of hydrogen-bond acceptors (Lipinski definition) is 3. The largest absolute Gasteiger partial charge is 0.497 e. The maximum absolute atomic E-state index is 12.6. The van der Waals surface area contributed by atoms with Gasteiger partial charge in [0.2, 0.25) is 0 Å². The summed E-state index contributed by atoms with van der Waals surface area (Å²) < 4.78 is 31.4. The molecule has 0 spiro atoms. The van der Waals surface area contributed by atoms with Gasteiger partial charge in [0.1, 0.15) is 5.75 Å². The number of ether oxygens (including phenoxy) is 1. The van der Waals surface area contributed by atoms with Crippen LogP contribution in [0.3, 0.4) is 0 Å². The van der Waals surface area contributed by atoms with E-state index in [-0.39, 0.29) is 4.90 Å². The second kappa shape index (κ2) is 5.95. The molecule has 0 radical (unpaired) electrons. The highest BCUT2D eigenvalue weighted by molar-refractivity contribution is 7.92.